The summed E-state index contributed by atoms with van der Waals surface area (Å²) >= 11 is 1.58. The number of carbonyl (C=O) groups excluding carboxylic acids is 3. The highest BCUT2D eigenvalue weighted by Crippen LogP contribution is 2.25. The number of benzene rings is 1. The van der Waals surface area contributed by atoms with Crippen molar-refractivity contribution in [3.8, 4) is 0 Å². The van der Waals surface area contributed by atoms with Gasteiger partial charge in [0.25, 0.3) is 0 Å². The van der Waals surface area contributed by atoms with Crippen LogP contribution < -0.4 is 10.6 Å². The summed E-state index contributed by atoms with van der Waals surface area (Å²) in [6.07, 6.45) is 5.04. The minimum absolute atomic E-state index is 0.0346. The molecule has 0 aliphatic rings. The standard InChI is InChI=1S/C27H43N3O4S/c1-9-12-20(4)28-24(31)23(21-14-11-13-19(3)18-21)30(16-10-2)25(32)22(15-17-35-8)29-26(33)34-27(5,6)7/h10-11,13-14,18,20,22-23H,2,9,12,15-17H2,1,3-8H3,(H,28,31)(H,29,33). The van der Waals surface area contributed by atoms with Gasteiger partial charge in [0.2, 0.25) is 11.8 Å². The van der Waals surface area contributed by atoms with E-state index in [1.807, 2.05) is 44.4 Å². The molecule has 1 aromatic rings. The zero-order valence-corrected chi connectivity index (χ0v) is 23.2. The minimum Gasteiger partial charge on any atom is -0.444 e. The van der Waals surface area contributed by atoms with Gasteiger partial charge in [0, 0.05) is 12.6 Å². The summed E-state index contributed by atoms with van der Waals surface area (Å²) in [5.41, 5.74) is 0.998. The molecule has 0 radical (unpaired) electrons. The van der Waals surface area contributed by atoms with Gasteiger partial charge in [-0.15, -0.1) is 6.58 Å². The maximum Gasteiger partial charge on any atom is 0.408 e. The lowest BCUT2D eigenvalue weighted by Gasteiger charge is -2.34. The van der Waals surface area contributed by atoms with Gasteiger partial charge in [0.05, 0.1) is 0 Å². The smallest absolute Gasteiger partial charge is 0.408 e. The van der Waals surface area contributed by atoms with Crippen LogP contribution in [0.1, 0.15) is 71.0 Å². The lowest BCUT2D eigenvalue weighted by atomic mass is 10.00. The third kappa shape index (κ3) is 10.8. The van der Waals surface area contributed by atoms with Crippen LogP contribution in [-0.4, -0.2) is 59.0 Å². The summed E-state index contributed by atoms with van der Waals surface area (Å²) in [5.74, 6) is 0.0467. The fourth-order valence-electron chi connectivity index (χ4n) is 3.74. The second-order valence-corrected chi connectivity index (χ2v) is 10.8. The van der Waals surface area contributed by atoms with Gasteiger partial charge < -0.3 is 20.3 Å². The van der Waals surface area contributed by atoms with E-state index >= 15 is 0 Å². The first-order valence-corrected chi connectivity index (χ1v) is 13.6. The lowest BCUT2D eigenvalue weighted by Crippen LogP contribution is -2.53. The highest BCUT2D eigenvalue weighted by atomic mass is 32.2. The van der Waals surface area contributed by atoms with Crippen molar-refractivity contribution >= 4 is 29.7 Å². The van der Waals surface area contributed by atoms with E-state index in [0.29, 0.717) is 17.7 Å². The summed E-state index contributed by atoms with van der Waals surface area (Å²) in [4.78, 5) is 41.5. The number of nitrogens with one attached hydrogen (secondary N) is 2. The van der Waals surface area contributed by atoms with Crippen LogP contribution in [0.15, 0.2) is 36.9 Å². The van der Waals surface area contributed by atoms with E-state index < -0.39 is 23.8 Å². The Morgan fingerprint density at radius 1 is 1.20 bits per heavy atom. The second-order valence-electron chi connectivity index (χ2n) is 9.77. The predicted octanol–water partition coefficient (Wildman–Crippen LogP) is 5.00. The molecule has 0 fully saturated rings. The van der Waals surface area contributed by atoms with Crippen molar-refractivity contribution in [2.24, 2.45) is 0 Å². The molecular weight excluding hydrogens is 462 g/mol. The van der Waals surface area contributed by atoms with Crippen LogP contribution in [0, 0.1) is 6.92 Å². The van der Waals surface area contributed by atoms with Crippen LogP contribution in [-0.2, 0) is 14.3 Å². The predicted molar refractivity (Wildman–Crippen MR) is 144 cm³/mol. The number of nitrogens with zero attached hydrogens (tertiary/aromatic N) is 1. The Morgan fingerprint density at radius 2 is 1.89 bits per heavy atom. The monoisotopic (exact) mass is 505 g/mol. The summed E-state index contributed by atoms with van der Waals surface area (Å²) < 4.78 is 5.40. The Labute approximate surface area is 215 Å². The number of ether oxygens (including phenoxy) is 1. The van der Waals surface area contributed by atoms with Gasteiger partial charge in [0.15, 0.2) is 0 Å². The molecule has 0 spiro atoms. The molecule has 1 rings (SSSR count). The van der Waals surface area contributed by atoms with E-state index in [9.17, 15) is 14.4 Å². The molecule has 8 heteroatoms. The van der Waals surface area contributed by atoms with Crippen molar-refractivity contribution in [2.45, 2.75) is 84.5 Å². The number of alkyl carbamates (subject to hydrolysis) is 1. The molecular formula is C27H43N3O4S. The Hall–Kier alpha value is -2.48. The van der Waals surface area contributed by atoms with Crippen molar-refractivity contribution in [1.29, 1.82) is 0 Å². The minimum atomic E-state index is -0.864. The normalized spacial score (nSPS) is 13.8. The molecule has 196 valence electrons. The van der Waals surface area contributed by atoms with Gasteiger partial charge in [-0.3, -0.25) is 9.59 Å². The van der Waals surface area contributed by atoms with E-state index in [1.54, 1.807) is 38.6 Å². The van der Waals surface area contributed by atoms with Crippen molar-refractivity contribution in [3.05, 3.63) is 48.0 Å². The molecule has 3 atom stereocenters. The van der Waals surface area contributed by atoms with Crippen LogP contribution in [0.2, 0.25) is 0 Å². The highest BCUT2D eigenvalue weighted by molar-refractivity contribution is 7.98. The van der Waals surface area contributed by atoms with Gasteiger partial charge in [-0.05, 0) is 65.0 Å². The second kappa shape index (κ2) is 14.8. The number of rotatable bonds is 13. The maximum absolute atomic E-state index is 13.9. The number of hydrogen-bond acceptors (Lipinski definition) is 5. The molecule has 1 aromatic carbocycles. The van der Waals surface area contributed by atoms with Crippen LogP contribution in [0.25, 0.3) is 0 Å². The Balaban J connectivity index is 3.40. The first kappa shape index (κ1) is 30.6. The van der Waals surface area contributed by atoms with Gasteiger partial charge >= 0.3 is 6.09 Å². The summed E-state index contributed by atoms with van der Waals surface area (Å²) in [5, 5.41) is 5.80. The average molecular weight is 506 g/mol. The van der Waals surface area contributed by atoms with Crippen LogP contribution in [0.3, 0.4) is 0 Å². The highest BCUT2D eigenvalue weighted by Gasteiger charge is 2.36. The molecule has 0 aromatic heterocycles. The third-order valence-corrected chi connectivity index (χ3v) is 5.88. The van der Waals surface area contributed by atoms with Gasteiger partial charge in [-0.2, -0.15) is 11.8 Å². The van der Waals surface area contributed by atoms with Crippen LogP contribution in [0.4, 0.5) is 4.79 Å². The topological polar surface area (TPSA) is 87.7 Å². The van der Waals surface area contributed by atoms with E-state index in [1.165, 1.54) is 4.90 Å². The first-order valence-electron chi connectivity index (χ1n) is 12.2. The number of thioether (sulfide) groups is 1. The molecule has 3 amide bonds. The molecule has 7 nitrogen and oxygen atoms in total. The average Bonchev–Trinajstić information content (AvgIpc) is 2.74. The fourth-order valence-corrected chi connectivity index (χ4v) is 4.22. The lowest BCUT2D eigenvalue weighted by molar-refractivity contribution is -0.142. The van der Waals surface area contributed by atoms with E-state index in [2.05, 4.69) is 24.1 Å². The largest absolute Gasteiger partial charge is 0.444 e. The first-order chi connectivity index (χ1) is 16.4. The molecule has 2 N–H and O–H groups in total. The summed E-state index contributed by atoms with van der Waals surface area (Å²) in [6, 6.07) is 5.85. The SMILES string of the molecule is C=CCN(C(=O)C(CCSC)NC(=O)OC(C)(C)C)C(C(=O)NC(C)CCC)c1cccc(C)c1. The molecule has 0 aliphatic heterocycles. The zero-order chi connectivity index (χ0) is 26.6. The van der Waals surface area contributed by atoms with Crippen molar-refractivity contribution in [3.63, 3.8) is 0 Å². The van der Waals surface area contributed by atoms with Crippen LogP contribution >= 0.6 is 11.8 Å². The number of hydrogen-bond donors (Lipinski definition) is 2. The van der Waals surface area contributed by atoms with E-state index in [4.69, 9.17) is 4.74 Å². The molecule has 0 saturated carbocycles. The van der Waals surface area contributed by atoms with E-state index in [0.717, 1.165) is 18.4 Å². The number of carbonyl (C=O) groups is 3. The fraction of sp³-hybridized carbons (Fsp3) is 0.593. The quantitative estimate of drug-likeness (QED) is 0.368. The molecule has 0 bridgehead atoms. The summed E-state index contributed by atoms with van der Waals surface area (Å²) in [7, 11) is 0. The Kier molecular flexibility index (Phi) is 12.9. The molecule has 0 heterocycles. The Bertz CT molecular complexity index is 853. The number of amides is 3. The molecule has 0 aliphatic carbocycles. The molecule has 0 saturated heterocycles. The van der Waals surface area contributed by atoms with Gasteiger partial charge in [-0.25, -0.2) is 4.79 Å². The van der Waals surface area contributed by atoms with Crippen molar-refractivity contribution in [1.82, 2.24) is 15.5 Å². The van der Waals surface area contributed by atoms with Crippen molar-refractivity contribution in [2.75, 3.05) is 18.6 Å². The van der Waals surface area contributed by atoms with Gasteiger partial charge in [0.1, 0.15) is 17.7 Å². The summed E-state index contributed by atoms with van der Waals surface area (Å²) in [6.45, 7) is 15.2. The third-order valence-electron chi connectivity index (χ3n) is 5.24. The van der Waals surface area contributed by atoms with Gasteiger partial charge in [-0.1, -0.05) is 49.2 Å². The maximum atomic E-state index is 13.9. The molecule has 35 heavy (non-hydrogen) atoms. The van der Waals surface area contributed by atoms with E-state index in [-0.39, 0.29) is 24.4 Å². The van der Waals surface area contributed by atoms with Crippen LogP contribution in [0.5, 0.6) is 0 Å². The zero-order valence-electron chi connectivity index (χ0n) is 22.3. The Morgan fingerprint density at radius 3 is 2.43 bits per heavy atom. The molecule has 3 unspecified atom stereocenters. The van der Waals surface area contributed by atoms with Crippen molar-refractivity contribution < 1.29 is 19.1 Å². The number of aryl methyl sites for hydroxylation is 1.